The van der Waals surface area contributed by atoms with Crippen molar-refractivity contribution in [2.24, 2.45) is 0 Å². The Morgan fingerprint density at radius 3 is 2.84 bits per heavy atom. The van der Waals surface area contributed by atoms with Gasteiger partial charge in [-0.15, -0.1) is 0 Å². The van der Waals surface area contributed by atoms with Crippen LogP contribution >= 0.6 is 11.8 Å². The van der Waals surface area contributed by atoms with Crippen molar-refractivity contribution in [1.82, 2.24) is 0 Å². The van der Waals surface area contributed by atoms with Gasteiger partial charge in [0.2, 0.25) is 5.75 Å². The first kappa shape index (κ1) is 15.2. The van der Waals surface area contributed by atoms with Gasteiger partial charge < -0.3 is 5.11 Å². The molecule has 0 aliphatic carbocycles. The molecule has 102 valence electrons. The summed E-state index contributed by atoms with van der Waals surface area (Å²) in [7, 11) is 0. The van der Waals surface area contributed by atoms with Crippen LogP contribution < -0.4 is 0 Å². The molecule has 0 aromatic heterocycles. The van der Waals surface area contributed by atoms with Crippen molar-refractivity contribution >= 4 is 28.6 Å². The van der Waals surface area contributed by atoms with Gasteiger partial charge in [0.1, 0.15) is 0 Å². The Morgan fingerprint density at radius 2 is 2.26 bits per heavy atom. The lowest BCUT2D eigenvalue weighted by Crippen LogP contribution is -1.92. The molecule has 0 amide bonds. The molecule has 1 aromatic rings. The largest absolute Gasteiger partial charge is 0.500 e. The monoisotopic (exact) mass is 285 g/mol. The van der Waals surface area contributed by atoms with Gasteiger partial charge in [0.05, 0.1) is 4.92 Å². The third-order valence-electron chi connectivity index (χ3n) is 2.16. The summed E-state index contributed by atoms with van der Waals surface area (Å²) in [5, 5.41) is 19.8. The minimum Gasteiger partial charge on any atom is -0.500 e. The zero-order valence-electron chi connectivity index (χ0n) is 10.1. The molecule has 0 aliphatic heterocycles. The smallest absolute Gasteiger partial charge is 0.314 e. The highest BCUT2D eigenvalue weighted by atomic mass is 32.2. The Balaban J connectivity index is 2.76. The number of aromatic hydroxyl groups is 1. The number of allylic oxidation sites excluding steroid dienone is 1. The molecule has 5 nitrogen and oxygen atoms in total. The molecule has 0 aliphatic rings. The molecule has 0 atom stereocenters. The van der Waals surface area contributed by atoms with Gasteiger partial charge in [0.25, 0.3) is 0 Å². The minimum absolute atomic E-state index is 0.0136. The van der Waals surface area contributed by atoms with Crippen molar-refractivity contribution in [2.75, 3.05) is 5.75 Å². The van der Waals surface area contributed by atoms with E-state index in [-0.39, 0.29) is 10.7 Å². The molecule has 1 N–H and O–H groups in total. The van der Waals surface area contributed by atoms with Crippen LogP contribution in [-0.2, 0) is 4.79 Å². The Bertz CT molecular complexity index is 531. The van der Waals surface area contributed by atoms with Gasteiger partial charge in [-0.3, -0.25) is 14.9 Å². The maximum absolute atomic E-state index is 13.2. The second kappa shape index (κ2) is 6.89. The second-order valence-corrected chi connectivity index (χ2v) is 4.93. The van der Waals surface area contributed by atoms with E-state index in [1.54, 1.807) is 6.08 Å². The maximum Gasteiger partial charge on any atom is 0.314 e. The molecule has 0 spiro atoms. The molecule has 19 heavy (non-hydrogen) atoms. The Hall–Kier alpha value is -1.89. The lowest BCUT2D eigenvalue weighted by molar-refractivity contribution is -0.386. The number of phenols is 1. The van der Waals surface area contributed by atoms with Gasteiger partial charge >= 0.3 is 5.69 Å². The van der Waals surface area contributed by atoms with Gasteiger partial charge in [-0.05, 0) is 18.1 Å². The number of hydrogen-bond donors (Lipinski definition) is 1. The van der Waals surface area contributed by atoms with E-state index in [0.717, 1.165) is 12.1 Å². The van der Waals surface area contributed by atoms with Gasteiger partial charge in [0, 0.05) is 18.7 Å². The van der Waals surface area contributed by atoms with Crippen LogP contribution in [0.4, 0.5) is 10.1 Å². The number of hydrogen-bond acceptors (Lipinski definition) is 5. The quantitative estimate of drug-likeness (QED) is 0.510. The van der Waals surface area contributed by atoms with Crippen molar-refractivity contribution in [3.05, 3.63) is 39.7 Å². The third-order valence-corrected chi connectivity index (χ3v) is 3.01. The Labute approximate surface area is 113 Å². The van der Waals surface area contributed by atoms with E-state index < -0.39 is 22.2 Å². The summed E-state index contributed by atoms with van der Waals surface area (Å²) >= 11 is 1.17. The minimum atomic E-state index is -1.04. The first-order valence-corrected chi connectivity index (χ1v) is 6.37. The summed E-state index contributed by atoms with van der Waals surface area (Å²) in [5.41, 5.74) is -0.382. The van der Waals surface area contributed by atoms with E-state index in [1.807, 2.05) is 0 Å². The molecule has 0 saturated heterocycles. The summed E-state index contributed by atoms with van der Waals surface area (Å²) in [6.45, 7) is 1.47. The number of phenolic OH excluding ortho intramolecular Hbond substituents is 1. The first-order valence-electron chi connectivity index (χ1n) is 5.38. The molecule has 0 heterocycles. The predicted octanol–water partition coefficient (Wildman–Crippen LogP) is 3.12. The molecule has 0 saturated carbocycles. The average Bonchev–Trinajstić information content (AvgIpc) is 2.32. The summed E-state index contributed by atoms with van der Waals surface area (Å²) in [6.07, 6.45) is 3.78. The van der Waals surface area contributed by atoms with E-state index in [1.165, 1.54) is 24.8 Å². The van der Waals surface area contributed by atoms with Gasteiger partial charge in [-0.25, -0.2) is 4.39 Å². The van der Waals surface area contributed by atoms with Gasteiger partial charge in [0.15, 0.2) is 10.9 Å². The molecule has 7 heteroatoms. The van der Waals surface area contributed by atoms with Crippen LogP contribution in [0.5, 0.6) is 5.75 Å². The molecule has 1 aromatic carbocycles. The number of carbonyl (C=O) groups excluding carboxylic acids is 1. The van der Waals surface area contributed by atoms with E-state index in [9.17, 15) is 24.4 Å². The summed E-state index contributed by atoms with van der Waals surface area (Å²) in [5.74, 6) is -1.41. The van der Waals surface area contributed by atoms with E-state index in [0.29, 0.717) is 12.2 Å². The Kier molecular flexibility index (Phi) is 5.50. The summed E-state index contributed by atoms with van der Waals surface area (Å²) in [4.78, 5) is 20.4. The molecule has 0 fully saturated rings. The van der Waals surface area contributed by atoms with Crippen LogP contribution in [0.3, 0.4) is 0 Å². The number of nitrogens with zero attached hydrogens (tertiary/aromatic N) is 1. The lowest BCUT2D eigenvalue weighted by Gasteiger charge is -2.00. The van der Waals surface area contributed by atoms with Crippen LogP contribution in [0.2, 0.25) is 0 Å². The van der Waals surface area contributed by atoms with Crippen LogP contribution in [0, 0.1) is 15.9 Å². The molecule has 0 bridgehead atoms. The number of carbonyl (C=O) groups is 1. The van der Waals surface area contributed by atoms with Crippen LogP contribution in [-0.4, -0.2) is 20.9 Å². The molecular formula is C12H12FNO4S. The number of nitro groups is 1. The fourth-order valence-electron chi connectivity index (χ4n) is 1.33. The summed E-state index contributed by atoms with van der Waals surface area (Å²) < 4.78 is 13.2. The fourth-order valence-corrected chi connectivity index (χ4v) is 1.87. The van der Waals surface area contributed by atoms with E-state index in [2.05, 4.69) is 0 Å². The van der Waals surface area contributed by atoms with E-state index in [4.69, 9.17) is 0 Å². The molecule has 0 radical (unpaired) electrons. The van der Waals surface area contributed by atoms with Crippen molar-refractivity contribution in [3.8, 4) is 5.75 Å². The Morgan fingerprint density at radius 1 is 1.58 bits per heavy atom. The third kappa shape index (κ3) is 4.70. The highest BCUT2D eigenvalue weighted by molar-refractivity contribution is 8.13. The maximum atomic E-state index is 13.2. The van der Waals surface area contributed by atoms with E-state index >= 15 is 0 Å². The number of nitro benzene ring substituents is 1. The fraction of sp³-hybridized carbons (Fsp3) is 0.250. The van der Waals surface area contributed by atoms with Crippen LogP contribution in [0.1, 0.15) is 18.9 Å². The number of thioether (sulfide) groups is 1. The van der Waals surface area contributed by atoms with Gasteiger partial charge in [-0.2, -0.15) is 0 Å². The van der Waals surface area contributed by atoms with Crippen molar-refractivity contribution < 1.29 is 19.2 Å². The highest BCUT2D eigenvalue weighted by Gasteiger charge is 2.18. The highest BCUT2D eigenvalue weighted by Crippen LogP contribution is 2.30. The lowest BCUT2D eigenvalue weighted by atomic mass is 10.1. The standard InChI is InChI=1S/C12H12FNO4S/c1-8(15)19-5-3-2-4-9-6-10(13)12(16)11(7-9)14(17)18/h2,4,6-7,16H,3,5H2,1H3. The topological polar surface area (TPSA) is 80.4 Å². The summed E-state index contributed by atoms with van der Waals surface area (Å²) in [6, 6.07) is 2.10. The number of rotatable bonds is 5. The van der Waals surface area contributed by atoms with Crippen molar-refractivity contribution in [3.63, 3.8) is 0 Å². The number of halogens is 1. The first-order chi connectivity index (χ1) is 8.91. The van der Waals surface area contributed by atoms with Crippen molar-refractivity contribution in [1.29, 1.82) is 0 Å². The predicted molar refractivity (Wildman–Crippen MR) is 71.5 cm³/mol. The molecule has 0 unspecified atom stereocenters. The van der Waals surface area contributed by atoms with Crippen LogP contribution in [0.25, 0.3) is 6.08 Å². The van der Waals surface area contributed by atoms with Crippen LogP contribution in [0.15, 0.2) is 18.2 Å². The normalized spacial score (nSPS) is 10.8. The number of benzene rings is 1. The zero-order chi connectivity index (χ0) is 14.4. The zero-order valence-corrected chi connectivity index (χ0v) is 10.9. The molecular weight excluding hydrogens is 273 g/mol. The van der Waals surface area contributed by atoms with Gasteiger partial charge in [-0.1, -0.05) is 23.9 Å². The average molecular weight is 285 g/mol. The second-order valence-electron chi connectivity index (χ2n) is 3.66. The SMILES string of the molecule is CC(=O)SCCC=Cc1cc(F)c(O)c([N+](=O)[O-])c1. The van der Waals surface area contributed by atoms with Crippen molar-refractivity contribution in [2.45, 2.75) is 13.3 Å². The molecule has 1 rings (SSSR count).